The Labute approximate surface area is 172 Å². The largest absolute Gasteiger partial charge is 0.379 e. The van der Waals surface area contributed by atoms with Crippen molar-refractivity contribution in [2.75, 3.05) is 57.4 Å². The van der Waals surface area contributed by atoms with Crippen LogP contribution in [0.3, 0.4) is 0 Å². The molecule has 1 N–H and O–H groups in total. The van der Waals surface area contributed by atoms with Crippen LogP contribution < -0.4 is 10.2 Å². The van der Waals surface area contributed by atoms with Crippen molar-refractivity contribution in [3.63, 3.8) is 0 Å². The topological polar surface area (TPSA) is 142 Å². The molecule has 13 heteroatoms. The van der Waals surface area contributed by atoms with Gasteiger partial charge in [0, 0.05) is 45.3 Å². The van der Waals surface area contributed by atoms with E-state index in [1.54, 1.807) is 4.90 Å². The van der Waals surface area contributed by atoms with Crippen molar-refractivity contribution in [1.82, 2.24) is 14.5 Å². The lowest BCUT2D eigenvalue weighted by atomic mass is 10.1. The first-order valence-electron chi connectivity index (χ1n) is 9.49. The van der Waals surface area contributed by atoms with E-state index in [4.69, 9.17) is 4.74 Å². The summed E-state index contributed by atoms with van der Waals surface area (Å²) in [5.41, 5.74) is -0.0334. The van der Waals surface area contributed by atoms with Gasteiger partial charge in [0.1, 0.15) is 5.69 Å². The minimum atomic E-state index is -3.87. The monoisotopic (exact) mass is 439 g/mol. The van der Waals surface area contributed by atoms with Crippen LogP contribution in [0.2, 0.25) is 0 Å². The van der Waals surface area contributed by atoms with E-state index < -0.39 is 26.8 Å². The minimum absolute atomic E-state index is 0.140. The van der Waals surface area contributed by atoms with Gasteiger partial charge in [-0.2, -0.15) is 4.31 Å². The Hall–Kier alpha value is -2.77. The third-order valence-electron chi connectivity index (χ3n) is 5.53. The van der Waals surface area contributed by atoms with Gasteiger partial charge in [-0.05, 0) is 12.1 Å². The lowest BCUT2D eigenvalue weighted by Crippen LogP contribution is -2.65. The van der Waals surface area contributed by atoms with Gasteiger partial charge in [-0.25, -0.2) is 8.42 Å². The van der Waals surface area contributed by atoms with E-state index in [-0.39, 0.29) is 61.7 Å². The van der Waals surface area contributed by atoms with Crippen molar-refractivity contribution in [3.05, 3.63) is 28.3 Å². The van der Waals surface area contributed by atoms with E-state index in [0.717, 1.165) is 6.07 Å². The summed E-state index contributed by atoms with van der Waals surface area (Å²) in [6.45, 7) is 2.05. The van der Waals surface area contributed by atoms with Gasteiger partial charge in [0.05, 0.1) is 29.1 Å². The molecule has 0 aliphatic carbocycles. The molecule has 4 rings (SSSR count). The van der Waals surface area contributed by atoms with Crippen molar-refractivity contribution < 1.29 is 27.7 Å². The number of amides is 2. The van der Waals surface area contributed by atoms with E-state index in [0.29, 0.717) is 13.1 Å². The summed E-state index contributed by atoms with van der Waals surface area (Å²) < 4.78 is 32.1. The Morgan fingerprint density at radius 2 is 1.87 bits per heavy atom. The maximum atomic E-state index is 12.9. The number of ether oxygens (including phenoxy) is 1. The molecule has 1 atom stereocenters. The number of sulfonamides is 1. The van der Waals surface area contributed by atoms with Gasteiger partial charge in [-0.3, -0.25) is 19.7 Å². The summed E-state index contributed by atoms with van der Waals surface area (Å²) in [4.78, 5) is 37.7. The number of fused-ring (bicyclic) bond motifs is 1. The molecule has 2 amide bonds. The van der Waals surface area contributed by atoms with Gasteiger partial charge in [0.15, 0.2) is 0 Å². The van der Waals surface area contributed by atoms with Crippen LogP contribution in [0.4, 0.5) is 11.4 Å². The number of benzene rings is 1. The number of nitrogens with zero attached hydrogens (tertiary/aromatic N) is 4. The molecule has 162 valence electrons. The van der Waals surface area contributed by atoms with Gasteiger partial charge in [0.25, 0.3) is 5.69 Å². The molecule has 3 fully saturated rings. The van der Waals surface area contributed by atoms with Crippen molar-refractivity contribution >= 4 is 33.2 Å². The quantitative estimate of drug-likeness (QED) is 0.349. The van der Waals surface area contributed by atoms with Crippen LogP contribution in [-0.2, 0) is 24.3 Å². The Morgan fingerprint density at radius 3 is 2.57 bits per heavy atom. The van der Waals surface area contributed by atoms with Crippen molar-refractivity contribution in [2.45, 2.75) is 10.9 Å². The Bertz CT molecular complexity index is 992. The molecule has 0 radical (unpaired) electrons. The average molecular weight is 439 g/mol. The fourth-order valence-corrected chi connectivity index (χ4v) is 5.37. The van der Waals surface area contributed by atoms with E-state index >= 15 is 0 Å². The Balaban J connectivity index is 1.61. The number of piperazine rings is 2. The summed E-state index contributed by atoms with van der Waals surface area (Å²) in [6, 6.07) is 3.58. The average Bonchev–Trinajstić information content (AvgIpc) is 2.76. The summed E-state index contributed by atoms with van der Waals surface area (Å²) in [6.07, 6.45) is 0. The van der Waals surface area contributed by atoms with Crippen LogP contribution in [0.5, 0.6) is 0 Å². The molecule has 12 nitrogen and oxygen atoms in total. The van der Waals surface area contributed by atoms with E-state index in [1.807, 2.05) is 0 Å². The molecular formula is C17H21N5O7S. The molecule has 0 aromatic heterocycles. The van der Waals surface area contributed by atoms with Gasteiger partial charge >= 0.3 is 11.8 Å². The highest BCUT2D eigenvalue weighted by Crippen LogP contribution is 2.33. The Morgan fingerprint density at radius 1 is 1.13 bits per heavy atom. The molecular weight excluding hydrogens is 418 g/mol. The van der Waals surface area contributed by atoms with E-state index in [1.165, 1.54) is 21.3 Å². The molecule has 0 spiro atoms. The SMILES string of the molecule is O=C1NC[C@@H]2CN(c3ccc(S(=O)(=O)N4CCOCC4)cc3[N+](=O)[O-])CCN2C1=O. The van der Waals surface area contributed by atoms with Crippen LogP contribution in [0.15, 0.2) is 23.1 Å². The predicted octanol–water partition coefficient (Wildman–Crippen LogP) is -1.24. The molecule has 30 heavy (non-hydrogen) atoms. The number of hydrogen-bond donors (Lipinski definition) is 1. The molecule has 0 saturated carbocycles. The van der Waals surface area contributed by atoms with Crippen molar-refractivity contribution in [2.24, 2.45) is 0 Å². The normalized spacial score (nSPS) is 23.1. The molecule has 1 aromatic rings. The first-order valence-corrected chi connectivity index (χ1v) is 10.9. The second-order valence-electron chi connectivity index (χ2n) is 7.23. The fourth-order valence-electron chi connectivity index (χ4n) is 3.95. The lowest BCUT2D eigenvalue weighted by molar-refractivity contribution is -0.384. The number of carbonyl (C=O) groups is 2. The zero-order chi connectivity index (χ0) is 21.5. The van der Waals surface area contributed by atoms with Crippen molar-refractivity contribution in [3.8, 4) is 0 Å². The first-order chi connectivity index (χ1) is 14.3. The number of carbonyl (C=O) groups excluding carboxylic acids is 2. The number of rotatable bonds is 4. The molecule has 0 bridgehead atoms. The van der Waals surface area contributed by atoms with E-state index in [9.17, 15) is 28.1 Å². The van der Waals surface area contributed by atoms with Crippen LogP contribution >= 0.6 is 0 Å². The van der Waals surface area contributed by atoms with Crippen LogP contribution in [-0.4, -0.2) is 92.9 Å². The molecule has 3 heterocycles. The second kappa shape index (κ2) is 7.81. The summed E-state index contributed by atoms with van der Waals surface area (Å²) in [7, 11) is -3.87. The van der Waals surface area contributed by atoms with E-state index in [2.05, 4.69) is 5.32 Å². The fraction of sp³-hybridized carbons (Fsp3) is 0.529. The highest BCUT2D eigenvalue weighted by Gasteiger charge is 2.39. The zero-order valence-electron chi connectivity index (χ0n) is 16.0. The third kappa shape index (κ3) is 3.59. The maximum Gasteiger partial charge on any atom is 0.312 e. The third-order valence-corrected chi connectivity index (χ3v) is 7.42. The molecule has 3 saturated heterocycles. The van der Waals surface area contributed by atoms with Crippen LogP contribution in [0.1, 0.15) is 0 Å². The van der Waals surface area contributed by atoms with Crippen molar-refractivity contribution in [1.29, 1.82) is 0 Å². The van der Waals surface area contributed by atoms with Gasteiger partial charge in [-0.1, -0.05) is 0 Å². The predicted molar refractivity (Wildman–Crippen MR) is 103 cm³/mol. The highest BCUT2D eigenvalue weighted by molar-refractivity contribution is 7.89. The molecule has 3 aliphatic heterocycles. The first kappa shape index (κ1) is 20.5. The summed E-state index contributed by atoms with van der Waals surface area (Å²) in [5, 5.41) is 14.2. The smallest absolute Gasteiger partial charge is 0.312 e. The van der Waals surface area contributed by atoms with Gasteiger partial charge < -0.3 is 19.9 Å². The number of nitro groups is 1. The molecule has 3 aliphatic rings. The standard InChI is InChI=1S/C17H21N5O7S/c23-16-17(24)21-4-3-19(11-12(21)10-18-16)14-2-1-13(9-15(14)22(25)26)30(27,28)20-5-7-29-8-6-20/h1-2,9,12H,3-8,10-11H2,(H,18,23)/t12-/m1/s1. The van der Waals surface area contributed by atoms with Crippen LogP contribution in [0.25, 0.3) is 0 Å². The number of nitrogens with one attached hydrogen (secondary N) is 1. The number of anilines is 1. The van der Waals surface area contributed by atoms with Gasteiger partial charge in [-0.15, -0.1) is 0 Å². The zero-order valence-corrected chi connectivity index (χ0v) is 16.8. The molecule has 0 unspecified atom stereocenters. The minimum Gasteiger partial charge on any atom is -0.379 e. The molecule has 1 aromatic carbocycles. The Kier molecular flexibility index (Phi) is 5.34. The number of morpholine rings is 1. The summed E-state index contributed by atoms with van der Waals surface area (Å²) in [5.74, 6) is -1.25. The lowest BCUT2D eigenvalue weighted by Gasteiger charge is -2.44. The number of nitro benzene ring substituents is 1. The summed E-state index contributed by atoms with van der Waals surface area (Å²) >= 11 is 0. The second-order valence-corrected chi connectivity index (χ2v) is 9.17. The highest BCUT2D eigenvalue weighted by atomic mass is 32.2. The number of hydrogen-bond acceptors (Lipinski definition) is 8. The van der Waals surface area contributed by atoms with Gasteiger partial charge in [0.2, 0.25) is 10.0 Å². The maximum absolute atomic E-state index is 12.9. The van der Waals surface area contributed by atoms with Crippen LogP contribution in [0, 0.1) is 10.1 Å².